The predicted molar refractivity (Wildman–Crippen MR) is 79.5 cm³/mol. The topological polar surface area (TPSA) is 52.8 Å². The first-order valence-corrected chi connectivity index (χ1v) is 6.53. The Labute approximate surface area is 119 Å². The molecule has 1 aromatic heterocycles. The fourth-order valence-electron chi connectivity index (χ4n) is 2.16. The molecule has 102 valence electrons. The van der Waals surface area contributed by atoms with Gasteiger partial charge in [-0.15, -0.1) is 5.10 Å². The maximum Gasteiger partial charge on any atom is 0.169 e. The molecule has 0 radical (unpaired) electrons. The third-order valence-electron chi connectivity index (χ3n) is 3.41. The second kappa shape index (κ2) is 5.70. The van der Waals surface area contributed by atoms with Gasteiger partial charge in [-0.25, -0.2) is 0 Å². The number of nitrogens with zero attached hydrogens (tertiary/aromatic N) is 4. The lowest BCUT2D eigenvalue weighted by Crippen LogP contribution is -2.20. The van der Waals surface area contributed by atoms with Crippen LogP contribution in [0.2, 0.25) is 0 Å². The first-order valence-electron chi connectivity index (χ1n) is 6.53. The Bertz CT molecular complexity index is 671. The standard InChI is InChI=1S/C16H18N4/c1-11-6-5-7-14(8-11)10-20(4)16-15(9-17)12(2)13(3)18-19-16/h5-8H,10H2,1-4H3. The summed E-state index contributed by atoms with van der Waals surface area (Å²) in [4.78, 5) is 1.97. The van der Waals surface area contributed by atoms with E-state index in [0.29, 0.717) is 17.9 Å². The van der Waals surface area contributed by atoms with Crippen molar-refractivity contribution in [3.05, 3.63) is 52.2 Å². The van der Waals surface area contributed by atoms with Crippen molar-refractivity contribution in [2.45, 2.75) is 27.3 Å². The second-order valence-electron chi connectivity index (χ2n) is 5.07. The lowest BCUT2D eigenvalue weighted by molar-refractivity contribution is 0.846. The minimum Gasteiger partial charge on any atom is -0.353 e. The highest BCUT2D eigenvalue weighted by molar-refractivity contribution is 5.57. The van der Waals surface area contributed by atoms with E-state index in [1.807, 2.05) is 31.9 Å². The fourth-order valence-corrected chi connectivity index (χ4v) is 2.16. The van der Waals surface area contributed by atoms with Gasteiger partial charge in [0.1, 0.15) is 11.6 Å². The monoisotopic (exact) mass is 266 g/mol. The van der Waals surface area contributed by atoms with Gasteiger partial charge >= 0.3 is 0 Å². The van der Waals surface area contributed by atoms with Crippen LogP contribution in [-0.2, 0) is 6.54 Å². The molecule has 0 N–H and O–H groups in total. The number of anilines is 1. The zero-order chi connectivity index (χ0) is 14.7. The van der Waals surface area contributed by atoms with Crippen molar-refractivity contribution >= 4 is 5.82 Å². The van der Waals surface area contributed by atoms with Crippen LogP contribution in [0.1, 0.15) is 27.9 Å². The Hall–Kier alpha value is -2.41. The van der Waals surface area contributed by atoms with Crippen molar-refractivity contribution in [1.29, 1.82) is 5.26 Å². The smallest absolute Gasteiger partial charge is 0.169 e. The zero-order valence-electron chi connectivity index (χ0n) is 12.3. The molecule has 0 spiro atoms. The van der Waals surface area contributed by atoms with Crippen molar-refractivity contribution < 1.29 is 0 Å². The van der Waals surface area contributed by atoms with Crippen LogP contribution in [0, 0.1) is 32.1 Å². The highest BCUT2D eigenvalue weighted by Gasteiger charge is 2.14. The Kier molecular flexibility index (Phi) is 3.99. The number of benzene rings is 1. The van der Waals surface area contributed by atoms with E-state index in [2.05, 4.69) is 41.4 Å². The molecule has 20 heavy (non-hydrogen) atoms. The van der Waals surface area contributed by atoms with E-state index in [9.17, 15) is 5.26 Å². The molecule has 1 heterocycles. The molecule has 0 saturated carbocycles. The van der Waals surface area contributed by atoms with Crippen molar-refractivity contribution in [1.82, 2.24) is 10.2 Å². The Balaban J connectivity index is 2.33. The number of hydrogen-bond acceptors (Lipinski definition) is 4. The molecule has 0 saturated heterocycles. The fraction of sp³-hybridized carbons (Fsp3) is 0.312. The summed E-state index contributed by atoms with van der Waals surface area (Å²) >= 11 is 0. The van der Waals surface area contributed by atoms with E-state index in [1.54, 1.807) is 0 Å². The average Bonchev–Trinajstić information content (AvgIpc) is 2.41. The maximum absolute atomic E-state index is 9.34. The van der Waals surface area contributed by atoms with E-state index >= 15 is 0 Å². The SMILES string of the molecule is Cc1cccc(CN(C)c2nnc(C)c(C)c2C#N)c1. The Morgan fingerprint density at radius 3 is 2.60 bits per heavy atom. The first-order chi connectivity index (χ1) is 9.52. The lowest BCUT2D eigenvalue weighted by atomic mass is 10.1. The normalized spacial score (nSPS) is 10.2. The summed E-state index contributed by atoms with van der Waals surface area (Å²) < 4.78 is 0. The van der Waals surface area contributed by atoms with Gasteiger partial charge in [-0.2, -0.15) is 10.4 Å². The number of hydrogen-bond donors (Lipinski definition) is 0. The summed E-state index contributed by atoms with van der Waals surface area (Å²) in [5, 5.41) is 17.6. The molecule has 0 aliphatic heterocycles. The maximum atomic E-state index is 9.34. The van der Waals surface area contributed by atoms with Crippen LogP contribution in [0.3, 0.4) is 0 Å². The van der Waals surface area contributed by atoms with Gasteiger partial charge in [-0.1, -0.05) is 29.8 Å². The van der Waals surface area contributed by atoms with Crippen LogP contribution >= 0.6 is 0 Å². The van der Waals surface area contributed by atoms with Crippen LogP contribution < -0.4 is 4.90 Å². The van der Waals surface area contributed by atoms with Crippen LogP contribution in [0.15, 0.2) is 24.3 Å². The number of nitriles is 1. The molecule has 0 aliphatic rings. The minimum absolute atomic E-state index is 0.604. The number of aromatic nitrogens is 2. The molecule has 0 amide bonds. The second-order valence-corrected chi connectivity index (χ2v) is 5.07. The van der Waals surface area contributed by atoms with Crippen LogP contribution in [-0.4, -0.2) is 17.2 Å². The van der Waals surface area contributed by atoms with Gasteiger partial charge in [0.2, 0.25) is 0 Å². The van der Waals surface area contributed by atoms with Crippen molar-refractivity contribution in [2.24, 2.45) is 0 Å². The van der Waals surface area contributed by atoms with Gasteiger partial charge in [-0.3, -0.25) is 0 Å². The highest BCUT2D eigenvalue weighted by atomic mass is 15.2. The van der Waals surface area contributed by atoms with Gasteiger partial charge in [-0.05, 0) is 31.9 Å². The molecule has 2 aromatic rings. The molecule has 4 nitrogen and oxygen atoms in total. The third-order valence-corrected chi connectivity index (χ3v) is 3.41. The van der Waals surface area contributed by atoms with Gasteiger partial charge in [0.15, 0.2) is 5.82 Å². The zero-order valence-corrected chi connectivity index (χ0v) is 12.3. The Morgan fingerprint density at radius 1 is 1.20 bits per heavy atom. The molecule has 1 aromatic carbocycles. The van der Waals surface area contributed by atoms with Gasteiger partial charge in [0, 0.05) is 13.6 Å². The number of rotatable bonds is 3. The highest BCUT2D eigenvalue weighted by Crippen LogP contribution is 2.21. The summed E-state index contributed by atoms with van der Waals surface area (Å²) in [6.45, 7) is 6.55. The number of aryl methyl sites for hydroxylation is 2. The summed E-state index contributed by atoms with van der Waals surface area (Å²) in [7, 11) is 1.93. The molecule has 0 unspecified atom stereocenters. The van der Waals surface area contributed by atoms with Crippen LogP contribution in [0.25, 0.3) is 0 Å². The summed E-state index contributed by atoms with van der Waals surface area (Å²) in [6, 6.07) is 10.6. The van der Waals surface area contributed by atoms with Gasteiger partial charge < -0.3 is 4.90 Å². The third kappa shape index (κ3) is 2.77. The molecular weight excluding hydrogens is 248 g/mol. The summed E-state index contributed by atoms with van der Waals surface area (Å²) in [6.07, 6.45) is 0. The predicted octanol–water partition coefficient (Wildman–Crippen LogP) is 2.91. The van der Waals surface area contributed by atoms with Crippen molar-refractivity contribution in [3.8, 4) is 6.07 Å². The first kappa shape index (κ1) is 14.0. The van der Waals surface area contributed by atoms with Gasteiger partial charge in [0.05, 0.1) is 5.69 Å². The molecule has 0 fully saturated rings. The van der Waals surface area contributed by atoms with E-state index in [1.165, 1.54) is 11.1 Å². The average molecular weight is 266 g/mol. The van der Waals surface area contributed by atoms with E-state index in [4.69, 9.17) is 0 Å². The summed E-state index contributed by atoms with van der Waals surface area (Å²) in [5.41, 5.74) is 4.72. The van der Waals surface area contributed by atoms with E-state index in [-0.39, 0.29) is 0 Å². The molecule has 0 aliphatic carbocycles. The molecule has 0 bridgehead atoms. The van der Waals surface area contributed by atoms with Crippen molar-refractivity contribution in [3.63, 3.8) is 0 Å². The summed E-state index contributed by atoms with van der Waals surface area (Å²) in [5.74, 6) is 0.636. The molecule has 2 rings (SSSR count). The quantitative estimate of drug-likeness (QED) is 0.857. The molecular formula is C16H18N4. The molecule has 4 heteroatoms. The van der Waals surface area contributed by atoms with E-state index in [0.717, 1.165) is 11.3 Å². The largest absolute Gasteiger partial charge is 0.353 e. The van der Waals surface area contributed by atoms with Crippen molar-refractivity contribution in [2.75, 3.05) is 11.9 Å². The van der Waals surface area contributed by atoms with Crippen LogP contribution in [0.4, 0.5) is 5.82 Å². The minimum atomic E-state index is 0.604. The van der Waals surface area contributed by atoms with Gasteiger partial charge in [0.25, 0.3) is 0 Å². The molecule has 0 atom stereocenters. The Morgan fingerprint density at radius 2 is 1.95 bits per heavy atom. The van der Waals surface area contributed by atoms with Crippen LogP contribution in [0.5, 0.6) is 0 Å². The van der Waals surface area contributed by atoms with E-state index < -0.39 is 0 Å². The lowest BCUT2D eigenvalue weighted by Gasteiger charge is -2.20.